The van der Waals surface area contributed by atoms with Crippen molar-refractivity contribution in [1.29, 1.82) is 0 Å². The van der Waals surface area contributed by atoms with Gasteiger partial charge < -0.3 is 4.74 Å². The van der Waals surface area contributed by atoms with Gasteiger partial charge in [0, 0.05) is 34.6 Å². The van der Waals surface area contributed by atoms with Gasteiger partial charge in [0.1, 0.15) is 0 Å². The lowest BCUT2D eigenvalue weighted by atomic mass is 9.75. The van der Waals surface area contributed by atoms with Crippen molar-refractivity contribution in [3.05, 3.63) is 34.3 Å². The van der Waals surface area contributed by atoms with E-state index in [1.165, 1.54) is 10.6 Å². The van der Waals surface area contributed by atoms with E-state index in [1.807, 2.05) is 11.8 Å². The van der Waals surface area contributed by atoms with Gasteiger partial charge in [-0.3, -0.25) is 4.99 Å². The first kappa shape index (κ1) is 15.6. The number of aliphatic imine (C=N–C) groups is 1. The highest BCUT2D eigenvalue weighted by Crippen LogP contribution is 2.48. The average molecular weight is 368 g/mol. The average Bonchev–Trinajstić information content (AvgIpc) is 2.45. The molecule has 2 atom stereocenters. The zero-order valence-electron chi connectivity index (χ0n) is 12.9. The van der Waals surface area contributed by atoms with E-state index in [0.29, 0.717) is 5.92 Å². The standard InChI is InChI=1S/C17H22BrNOS/c1-16(2,3)15-19-17(12-5-4-6-14(18)9-12)7-8-20-10-13(17)11-21-15/h4-6,9,13H,7-8,10-11H2,1-3H3/t13?,17-/m1/s1. The molecule has 2 nitrogen and oxygen atoms in total. The van der Waals surface area contributed by atoms with E-state index in [4.69, 9.17) is 9.73 Å². The fourth-order valence-corrected chi connectivity index (χ4v) is 4.90. The fraction of sp³-hybridized carbons (Fsp3) is 0.588. The number of hydrogen-bond acceptors (Lipinski definition) is 3. The number of halogens is 1. The summed E-state index contributed by atoms with van der Waals surface area (Å²) < 4.78 is 6.87. The van der Waals surface area contributed by atoms with Gasteiger partial charge in [-0.05, 0) is 17.7 Å². The van der Waals surface area contributed by atoms with Gasteiger partial charge >= 0.3 is 0 Å². The van der Waals surface area contributed by atoms with Crippen LogP contribution < -0.4 is 0 Å². The van der Waals surface area contributed by atoms with Crippen LogP contribution in [-0.4, -0.2) is 24.0 Å². The molecule has 1 aromatic rings. The molecule has 3 rings (SSSR count). The predicted octanol–water partition coefficient (Wildman–Crippen LogP) is 4.87. The normalized spacial score (nSPS) is 29.7. The van der Waals surface area contributed by atoms with Crippen molar-refractivity contribution in [2.24, 2.45) is 16.3 Å². The summed E-state index contributed by atoms with van der Waals surface area (Å²) >= 11 is 5.52. The molecule has 2 aliphatic rings. The lowest BCUT2D eigenvalue weighted by molar-refractivity contribution is 0.00975. The number of ether oxygens (including phenoxy) is 1. The Bertz CT molecular complexity index is 566. The molecule has 1 unspecified atom stereocenters. The maximum absolute atomic E-state index is 5.74. The first-order chi connectivity index (χ1) is 9.92. The van der Waals surface area contributed by atoms with Crippen LogP contribution in [0.4, 0.5) is 0 Å². The summed E-state index contributed by atoms with van der Waals surface area (Å²) in [5.41, 5.74) is 1.34. The van der Waals surface area contributed by atoms with E-state index in [0.717, 1.165) is 29.9 Å². The summed E-state index contributed by atoms with van der Waals surface area (Å²) in [4.78, 5) is 5.30. The summed E-state index contributed by atoms with van der Waals surface area (Å²) in [6.45, 7) is 8.39. The van der Waals surface area contributed by atoms with Crippen molar-refractivity contribution >= 4 is 32.7 Å². The summed E-state index contributed by atoms with van der Waals surface area (Å²) in [7, 11) is 0. The van der Waals surface area contributed by atoms with E-state index in [1.54, 1.807) is 0 Å². The van der Waals surface area contributed by atoms with Crippen LogP contribution in [0.1, 0.15) is 32.8 Å². The molecular formula is C17H22BrNOS. The minimum atomic E-state index is -0.101. The maximum Gasteiger partial charge on any atom is 0.0946 e. The van der Waals surface area contributed by atoms with Crippen LogP contribution in [0.3, 0.4) is 0 Å². The third-order valence-electron chi connectivity index (χ3n) is 4.31. The minimum absolute atomic E-state index is 0.101. The van der Waals surface area contributed by atoms with Crippen LogP contribution >= 0.6 is 27.7 Å². The van der Waals surface area contributed by atoms with Gasteiger partial charge in [0.2, 0.25) is 0 Å². The molecule has 0 spiro atoms. The third-order valence-corrected chi connectivity index (χ3v) is 6.35. The molecule has 21 heavy (non-hydrogen) atoms. The molecule has 0 aromatic heterocycles. The topological polar surface area (TPSA) is 21.6 Å². The van der Waals surface area contributed by atoms with Crippen LogP contribution in [0, 0.1) is 11.3 Å². The van der Waals surface area contributed by atoms with E-state index < -0.39 is 0 Å². The van der Waals surface area contributed by atoms with Crippen molar-refractivity contribution < 1.29 is 4.74 Å². The van der Waals surface area contributed by atoms with Crippen LogP contribution in [0.25, 0.3) is 0 Å². The summed E-state index contributed by atoms with van der Waals surface area (Å²) in [5, 5.41) is 1.28. The molecule has 0 amide bonds. The van der Waals surface area contributed by atoms with E-state index >= 15 is 0 Å². The third kappa shape index (κ3) is 2.95. The summed E-state index contributed by atoms with van der Waals surface area (Å²) in [6, 6.07) is 8.66. The van der Waals surface area contributed by atoms with E-state index in [9.17, 15) is 0 Å². The van der Waals surface area contributed by atoms with Crippen molar-refractivity contribution in [2.75, 3.05) is 19.0 Å². The van der Waals surface area contributed by atoms with Crippen LogP contribution in [-0.2, 0) is 10.3 Å². The molecule has 1 aromatic carbocycles. The minimum Gasteiger partial charge on any atom is -0.381 e. The Morgan fingerprint density at radius 3 is 2.90 bits per heavy atom. The number of thioether (sulfide) groups is 1. The number of rotatable bonds is 1. The molecule has 1 saturated heterocycles. The second-order valence-electron chi connectivity index (χ2n) is 6.93. The van der Waals surface area contributed by atoms with Crippen molar-refractivity contribution in [2.45, 2.75) is 32.7 Å². The largest absolute Gasteiger partial charge is 0.381 e. The lowest BCUT2D eigenvalue weighted by Crippen LogP contribution is -2.47. The van der Waals surface area contributed by atoms with Gasteiger partial charge in [0.25, 0.3) is 0 Å². The highest BCUT2D eigenvalue weighted by molar-refractivity contribution is 9.10. The summed E-state index contributed by atoms with van der Waals surface area (Å²) in [6.07, 6.45) is 0.980. The lowest BCUT2D eigenvalue weighted by Gasteiger charge is -2.46. The zero-order chi connectivity index (χ0) is 15.1. The second kappa shape index (κ2) is 5.71. The van der Waals surface area contributed by atoms with Gasteiger partial charge in [0.15, 0.2) is 0 Å². The Balaban J connectivity index is 2.12. The first-order valence-electron chi connectivity index (χ1n) is 7.49. The van der Waals surface area contributed by atoms with Crippen molar-refractivity contribution in [3.8, 4) is 0 Å². The molecule has 2 aliphatic heterocycles. The molecule has 0 aliphatic carbocycles. The van der Waals surface area contributed by atoms with E-state index in [-0.39, 0.29) is 11.0 Å². The Kier molecular flexibility index (Phi) is 4.23. The Labute approximate surface area is 139 Å². The number of hydrogen-bond donors (Lipinski definition) is 0. The first-order valence-corrected chi connectivity index (χ1v) is 9.27. The Morgan fingerprint density at radius 1 is 1.38 bits per heavy atom. The second-order valence-corrected chi connectivity index (χ2v) is 8.86. The quantitative estimate of drug-likeness (QED) is 0.705. The van der Waals surface area contributed by atoms with Gasteiger partial charge in [-0.25, -0.2) is 0 Å². The van der Waals surface area contributed by atoms with E-state index in [2.05, 4.69) is 61.0 Å². The molecular weight excluding hydrogens is 346 g/mol. The van der Waals surface area contributed by atoms with Crippen LogP contribution in [0.2, 0.25) is 0 Å². The molecule has 0 bridgehead atoms. The molecule has 4 heteroatoms. The van der Waals surface area contributed by atoms with Crippen molar-refractivity contribution in [3.63, 3.8) is 0 Å². The zero-order valence-corrected chi connectivity index (χ0v) is 15.3. The van der Waals surface area contributed by atoms with Crippen LogP contribution in [0.5, 0.6) is 0 Å². The molecule has 0 radical (unpaired) electrons. The number of fused-ring (bicyclic) bond motifs is 1. The Hall–Kier alpha value is -0.320. The fourth-order valence-electron chi connectivity index (χ4n) is 3.11. The van der Waals surface area contributed by atoms with Crippen molar-refractivity contribution in [1.82, 2.24) is 0 Å². The summed E-state index contributed by atoms with van der Waals surface area (Å²) in [5.74, 6) is 1.57. The monoisotopic (exact) mass is 367 g/mol. The predicted molar refractivity (Wildman–Crippen MR) is 94.1 cm³/mol. The molecule has 0 saturated carbocycles. The maximum atomic E-state index is 5.74. The van der Waals surface area contributed by atoms with Gasteiger partial charge in [-0.2, -0.15) is 0 Å². The highest BCUT2D eigenvalue weighted by Gasteiger charge is 2.46. The molecule has 2 heterocycles. The smallest absolute Gasteiger partial charge is 0.0946 e. The van der Waals surface area contributed by atoms with Crippen LogP contribution in [0.15, 0.2) is 33.7 Å². The number of benzene rings is 1. The number of nitrogens with zero attached hydrogens (tertiary/aromatic N) is 1. The molecule has 1 fully saturated rings. The van der Waals surface area contributed by atoms with Gasteiger partial charge in [-0.15, -0.1) is 11.8 Å². The molecule has 0 N–H and O–H groups in total. The van der Waals surface area contributed by atoms with Gasteiger partial charge in [0.05, 0.1) is 17.2 Å². The van der Waals surface area contributed by atoms with Gasteiger partial charge in [-0.1, -0.05) is 48.8 Å². The Morgan fingerprint density at radius 2 is 2.19 bits per heavy atom. The molecule has 114 valence electrons. The SMILES string of the molecule is CC(C)(C)C1=N[C@@]2(c3cccc(Br)c3)CCOCC2CS1. The highest BCUT2D eigenvalue weighted by atomic mass is 79.9.